The second-order valence-corrected chi connectivity index (χ2v) is 12.3. The van der Waals surface area contributed by atoms with Gasteiger partial charge in [0.05, 0.1) is 12.2 Å². The minimum atomic E-state index is -0.757. The molecule has 2 fully saturated rings. The molecule has 4 atom stereocenters. The summed E-state index contributed by atoms with van der Waals surface area (Å²) in [7, 11) is 0. The molecule has 1 saturated heterocycles. The number of likely N-dealkylation sites (tertiary alicyclic amines) is 1. The number of nitrogens with one attached hydrogen (secondary N) is 1. The number of ether oxygens (including phenoxy) is 3. The molecule has 1 N–H and O–H groups in total. The molecule has 0 aromatic heterocycles. The lowest BCUT2D eigenvalue weighted by Crippen LogP contribution is -2.36. The van der Waals surface area contributed by atoms with Crippen molar-refractivity contribution < 1.29 is 28.2 Å². The van der Waals surface area contributed by atoms with Crippen LogP contribution in [0.5, 0.6) is 11.5 Å². The van der Waals surface area contributed by atoms with Gasteiger partial charge in [-0.05, 0) is 71.7 Å². The number of hydrogen-bond acceptors (Lipinski definition) is 6. The fourth-order valence-corrected chi connectivity index (χ4v) is 5.74. The van der Waals surface area contributed by atoms with Gasteiger partial charge in [0.25, 0.3) is 5.91 Å². The molecule has 3 aromatic carbocycles. The maximum Gasteiger partial charge on any atom is 0.347 e. The number of benzene rings is 3. The highest BCUT2D eigenvalue weighted by atomic mass is 19.1. The van der Waals surface area contributed by atoms with Gasteiger partial charge in [-0.15, -0.1) is 0 Å². The summed E-state index contributed by atoms with van der Waals surface area (Å²) in [5.74, 6) is 1.09. The number of piperidine rings is 1. The van der Waals surface area contributed by atoms with E-state index in [1.807, 2.05) is 48.5 Å². The zero-order valence-corrected chi connectivity index (χ0v) is 25.3. The third-order valence-corrected chi connectivity index (χ3v) is 8.23. The Kier molecular flexibility index (Phi) is 9.35. The number of carbonyl (C=O) groups excluding carboxylic acids is 2. The molecule has 5 rings (SSSR count). The van der Waals surface area contributed by atoms with Gasteiger partial charge in [0.2, 0.25) is 0 Å². The van der Waals surface area contributed by atoms with Gasteiger partial charge in [-0.2, -0.15) is 0 Å². The number of amides is 1. The van der Waals surface area contributed by atoms with Crippen molar-refractivity contribution in [1.29, 1.82) is 0 Å². The van der Waals surface area contributed by atoms with E-state index in [2.05, 4.69) is 26.1 Å². The van der Waals surface area contributed by atoms with Gasteiger partial charge in [0.1, 0.15) is 23.9 Å². The third-order valence-electron chi connectivity index (χ3n) is 8.23. The number of rotatable bonds is 12. The highest BCUT2D eigenvalue weighted by molar-refractivity contribution is 5.94. The highest BCUT2D eigenvalue weighted by Gasteiger charge is 2.56. The molecule has 8 heteroatoms. The summed E-state index contributed by atoms with van der Waals surface area (Å²) in [6.45, 7) is 11.0. The Bertz CT molecular complexity index is 1390. The van der Waals surface area contributed by atoms with Crippen molar-refractivity contribution in [1.82, 2.24) is 10.2 Å². The summed E-state index contributed by atoms with van der Waals surface area (Å²) in [6.07, 6.45) is -0.380. The maximum absolute atomic E-state index is 14.0. The fourth-order valence-electron chi connectivity index (χ4n) is 5.74. The number of fused-ring (bicyclic) bond motifs is 1. The molecule has 7 nitrogen and oxygen atoms in total. The van der Waals surface area contributed by atoms with E-state index < -0.39 is 17.9 Å². The molecular weight excluding hydrogens is 547 g/mol. The first-order valence-corrected chi connectivity index (χ1v) is 15.1. The van der Waals surface area contributed by atoms with Crippen LogP contribution < -0.4 is 14.8 Å². The van der Waals surface area contributed by atoms with Crippen molar-refractivity contribution in [2.24, 2.45) is 11.8 Å². The summed E-state index contributed by atoms with van der Waals surface area (Å²) in [5, 5.41) is 3.53. The standard InChI is InChI=1S/C35H41FN2O5/c1-5-41-34(40)31(43-26-16-12-24(13-17-26)35(2,3)4)20-23-10-14-25(15-11-23)42-19-18-37-32-28-21-38(22-29(28)32)33(39)27-8-6-7-9-30(27)36/h6-17,28-29,31-32,37H,5,18-22H2,1-4H3/t28-,29+,31-,32?/m0/s1. The van der Waals surface area contributed by atoms with E-state index >= 15 is 0 Å². The molecule has 1 amide bonds. The molecule has 43 heavy (non-hydrogen) atoms. The van der Waals surface area contributed by atoms with E-state index in [4.69, 9.17) is 14.2 Å². The summed E-state index contributed by atoms with van der Waals surface area (Å²) in [6, 6.07) is 22.0. The Labute approximate surface area is 253 Å². The second kappa shape index (κ2) is 13.2. The molecule has 2 aliphatic rings. The molecule has 228 valence electrons. The first-order valence-electron chi connectivity index (χ1n) is 15.1. The van der Waals surface area contributed by atoms with E-state index in [9.17, 15) is 14.0 Å². The van der Waals surface area contributed by atoms with Crippen molar-refractivity contribution in [3.63, 3.8) is 0 Å². The first-order chi connectivity index (χ1) is 20.6. The number of halogens is 1. The van der Waals surface area contributed by atoms with Gasteiger partial charge >= 0.3 is 5.97 Å². The maximum atomic E-state index is 14.0. The van der Waals surface area contributed by atoms with Crippen LogP contribution in [0.2, 0.25) is 0 Å². The largest absolute Gasteiger partial charge is 0.492 e. The molecule has 0 radical (unpaired) electrons. The number of hydrogen-bond donors (Lipinski definition) is 1. The summed E-state index contributed by atoms with van der Waals surface area (Å²) in [4.78, 5) is 27.1. The van der Waals surface area contributed by atoms with E-state index in [0.717, 1.165) is 11.3 Å². The first kappa shape index (κ1) is 30.5. The van der Waals surface area contributed by atoms with Gasteiger partial charge in [-0.1, -0.05) is 57.2 Å². The molecule has 0 bridgehead atoms. The van der Waals surface area contributed by atoms with Crippen molar-refractivity contribution in [3.05, 3.63) is 95.3 Å². The Hall–Kier alpha value is -3.91. The molecule has 1 heterocycles. The third kappa shape index (κ3) is 7.54. The van der Waals surface area contributed by atoms with Crippen LogP contribution in [-0.2, 0) is 21.4 Å². The molecule has 1 aliphatic carbocycles. The second-order valence-electron chi connectivity index (χ2n) is 12.3. The zero-order valence-electron chi connectivity index (χ0n) is 25.3. The number of carbonyl (C=O) groups is 2. The summed E-state index contributed by atoms with van der Waals surface area (Å²) in [5.41, 5.74) is 2.31. The molecule has 1 saturated carbocycles. The summed E-state index contributed by atoms with van der Waals surface area (Å²) < 4.78 is 31.3. The van der Waals surface area contributed by atoms with Gasteiger partial charge < -0.3 is 24.4 Å². The topological polar surface area (TPSA) is 77.1 Å². The average Bonchev–Trinajstić information content (AvgIpc) is 3.42. The normalized spacial score (nSPS) is 19.8. The Morgan fingerprint density at radius 1 is 0.953 bits per heavy atom. The van der Waals surface area contributed by atoms with Crippen molar-refractivity contribution in [2.75, 3.05) is 32.8 Å². The SMILES string of the molecule is CCOC(=O)[C@H](Cc1ccc(OCCNC2[C@H]3CN(C(=O)c4ccccc4F)C[C@@H]23)cc1)Oc1ccc(C(C)(C)C)cc1. The fraction of sp³-hybridized carbons (Fsp3) is 0.429. The predicted molar refractivity (Wildman–Crippen MR) is 163 cm³/mol. The van der Waals surface area contributed by atoms with Crippen LogP contribution in [0.1, 0.15) is 49.2 Å². The molecule has 0 spiro atoms. The quantitative estimate of drug-likeness (QED) is 0.225. The van der Waals surface area contributed by atoms with E-state index in [-0.39, 0.29) is 23.5 Å². The predicted octanol–water partition coefficient (Wildman–Crippen LogP) is 5.42. The lowest BCUT2D eigenvalue weighted by atomic mass is 9.87. The number of nitrogens with zero attached hydrogens (tertiary/aromatic N) is 1. The lowest BCUT2D eigenvalue weighted by Gasteiger charge is -2.21. The Morgan fingerprint density at radius 2 is 1.60 bits per heavy atom. The van der Waals surface area contributed by atoms with Gasteiger partial charge in [-0.3, -0.25) is 4.79 Å². The average molecular weight is 589 g/mol. The van der Waals surface area contributed by atoms with Crippen LogP contribution in [0.15, 0.2) is 72.8 Å². The van der Waals surface area contributed by atoms with Crippen molar-refractivity contribution in [2.45, 2.75) is 51.7 Å². The lowest BCUT2D eigenvalue weighted by molar-refractivity contribution is -0.151. The van der Waals surface area contributed by atoms with Crippen molar-refractivity contribution >= 4 is 11.9 Å². The number of esters is 1. The van der Waals surface area contributed by atoms with Crippen LogP contribution in [0.3, 0.4) is 0 Å². The minimum absolute atomic E-state index is 0.0327. The van der Waals surface area contributed by atoms with Gasteiger partial charge in [-0.25, -0.2) is 9.18 Å². The Balaban J connectivity index is 1.05. The molecular formula is C35H41FN2O5. The zero-order chi connectivity index (χ0) is 30.6. The van der Waals surface area contributed by atoms with E-state index in [1.54, 1.807) is 30.0 Å². The smallest absolute Gasteiger partial charge is 0.347 e. The van der Waals surface area contributed by atoms with E-state index in [0.29, 0.717) is 56.3 Å². The van der Waals surface area contributed by atoms with Crippen LogP contribution in [0.4, 0.5) is 4.39 Å². The summed E-state index contributed by atoms with van der Waals surface area (Å²) >= 11 is 0. The highest BCUT2D eigenvalue weighted by Crippen LogP contribution is 2.45. The van der Waals surface area contributed by atoms with Crippen LogP contribution in [-0.4, -0.2) is 61.8 Å². The molecule has 3 aromatic rings. The van der Waals surface area contributed by atoms with Crippen LogP contribution in [0.25, 0.3) is 0 Å². The van der Waals surface area contributed by atoms with Gasteiger partial charge in [0.15, 0.2) is 6.10 Å². The van der Waals surface area contributed by atoms with Crippen molar-refractivity contribution in [3.8, 4) is 11.5 Å². The molecule has 1 aliphatic heterocycles. The van der Waals surface area contributed by atoms with Crippen LogP contribution >= 0.6 is 0 Å². The molecule has 1 unspecified atom stereocenters. The monoisotopic (exact) mass is 588 g/mol. The van der Waals surface area contributed by atoms with E-state index in [1.165, 1.54) is 11.6 Å². The Morgan fingerprint density at radius 3 is 2.23 bits per heavy atom. The van der Waals surface area contributed by atoms with Gasteiger partial charge in [0, 0.05) is 32.1 Å². The minimum Gasteiger partial charge on any atom is -0.492 e. The van der Waals surface area contributed by atoms with Crippen LogP contribution in [0, 0.1) is 17.7 Å².